The van der Waals surface area contributed by atoms with Crippen LogP contribution in [0.3, 0.4) is 0 Å². The van der Waals surface area contributed by atoms with Gasteiger partial charge in [-0.25, -0.2) is 4.79 Å². The fourth-order valence-electron chi connectivity index (χ4n) is 4.60. The second-order valence-electron chi connectivity index (χ2n) is 9.29. The molecule has 168 valence electrons. The molecule has 33 heavy (non-hydrogen) atoms. The molecule has 0 radical (unpaired) electrons. The molecule has 0 fully saturated rings. The zero-order valence-corrected chi connectivity index (χ0v) is 20.2. The first kappa shape index (κ1) is 21.7. The molecule has 1 aliphatic heterocycles. The minimum Gasteiger partial charge on any atom is -0.497 e. The van der Waals surface area contributed by atoms with E-state index in [0.717, 1.165) is 21.2 Å². The van der Waals surface area contributed by atoms with Crippen molar-refractivity contribution >= 4 is 38.4 Å². The Labute approximate surface area is 199 Å². The fraction of sp³-hybridized carbons (Fsp3) is 0.259. The van der Waals surface area contributed by atoms with E-state index in [4.69, 9.17) is 13.9 Å². The van der Waals surface area contributed by atoms with E-state index in [1.807, 2.05) is 42.5 Å². The minimum absolute atomic E-state index is 0.0758. The zero-order valence-electron chi connectivity index (χ0n) is 18.6. The lowest BCUT2D eigenvalue weighted by Gasteiger charge is -2.36. The Morgan fingerprint density at radius 1 is 1.03 bits per heavy atom. The van der Waals surface area contributed by atoms with Gasteiger partial charge in [0, 0.05) is 34.2 Å². The molecule has 5 nitrogen and oxygen atoms in total. The molecule has 2 aliphatic rings. The first-order valence-electron chi connectivity index (χ1n) is 10.8. The van der Waals surface area contributed by atoms with Crippen molar-refractivity contribution in [2.75, 3.05) is 7.11 Å². The molecule has 0 N–H and O–H groups in total. The van der Waals surface area contributed by atoms with Crippen molar-refractivity contribution in [3.05, 3.63) is 92.0 Å². The number of carbonyl (C=O) groups is 1. The number of Topliss-reactive ketones (excluding diaryl/α,β-unsaturated/α-hetero) is 1. The third kappa shape index (κ3) is 4.04. The number of fused-ring (bicyclic) bond motifs is 1. The third-order valence-electron chi connectivity index (χ3n) is 6.18. The molecular weight excluding hydrogens is 484 g/mol. The van der Waals surface area contributed by atoms with Gasteiger partial charge in [0.05, 0.1) is 7.11 Å². The highest BCUT2D eigenvalue weighted by atomic mass is 79.9. The van der Waals surface area contributed by atoms with Crippen LogP contribution in [0.25, 0.3) is 16.7 Å². The van der Waals surface area contributed by atoms with Crippen LogP contribution in [-0.4, -0.2) is 12.9 Å². The number of methoxy groups -OCH3 is 1. The van der Waals surface area contributed by atoms with Crippen molar-refractivity contribution in [3.63, 3.8) is 0 Å². The van der Waals surface area contributed by atoms with Gasteiger partial charge in [0.1, 0.15) is 28.4 Å². The molecule has 0 saturated heterocycles. The molecule has 0 saturated carbocycles. The van der Waals surface area contributed by atoms with Crippen molar-refractivity contribution in [1.29, 1.82) is 0 Å². The summed E-state index contributed by atoms with van der Waals surface area (Å²) in [7, 11) is 1.62. The maximum absolute atomic E-state index is 13.2. The zero-order chi connectivity index (χ0) is 23.3. The summed E-state index contributed by atoms with van der Waals surface area (Å²) in [5.41, 5.74) is 1.74. The molecule has 1 unspecified atom stereocenters. The van der Waals surface area contributed by atoms with Gasteiger partial charge in [-0.3, -0.25) is 4.79 Å². The molecule has 2 heterocycles. The van der Waals surface area contributed by atoms with Gasteiger partial charge in [0.2, 0.25) is 0 Å². The first-order valence-corrected chi connectivity index (χ1v) is 11.6. The van der Waals surface area contributed by atoms with Crippen LogP contribution in [0.1, 0.15) is 43.7 Å². The van der Waals surface area contributed by atoms with Crippen molar-refractivity contribution in [3.8, 4) is 5.75 Å². The van der Waals surface area contributed by atoms with Crippen LogP contribution in [0.4, 0.5) is 0 Å². The number of hydrogen-bond acceptors (Lipinski definition) is 5. The topological polar surface area (TPSA) is 65.7 Å². The lowest BCUT2D eigenvalue weighted by atomic mass is 9.71. The fourth-order valence-corrected chi connectivity index (χ4v) is 4.98. The molecule has 0 spiro atoms. The van der Waals surface area contributed by atoms with Crippen LogP contribution in [0.2, 0.25) is 0 Å². The Morgan fingerprint density at radius 2 is 1.79 bits per heavy atom. The van der Waals surface area contributed by atoms with E-state index in [0.29, 0.717) is 41.1 Å². The van der Waals surface area contributed by atoms with Crippen molar-refractivity contribution in [2.24, 2.45) is 5.41 Å². The van der Waals surface area contributed by atoms with Gasteiger partial charge >= 0.3 is 5.63 Å². The van der Waals surface area contributed by atoms with Gasteiger partial charge in [-0.05, 0) is 53.5 Å². The molecular formula is C27H23BrO5. The summed E-state index contributed by atoms with van der Waals surface area (Å²) < 4.78 is 18.0. The lowest BCUT2D eigenvalue weighted by molar-refractivity contribution is -0.118. The summed E-state index contributed by atoms with van der Waals surface area (Å²) in [6, 6.07) is 14.9. The van der Waals surface area contributed by atoms with Crippen LogP contribution in [0.5, 0.6) is 5.75 Å². The molecule has 5 rings (SSSR count). The Balaban J connectivity index is 1.67. The quantitative estimate of drug-likeness (QED) is 0.386. The minimum atomic E-state index is -0.477. The largest absolute Gasteiger partial charge is 0.497 e. The van der Waals surface area contributed by atoms with Crippen LogP contribution in [0, 0.1) is 5.41 Å². The van der Waals surface area contributed by atoms with Crippen molar-refractivity contribution in [1.82, 2.24) is 0 Å². The Hall–Kier alpha value is -3.12. The standard InChI is InChI=1S/C27H23BrO5/c1-27(2)13-21(29)25-19(15-4-7-18(31-3)8-5-15)12-23(32-24(25)14-27)20-11-16-10-17(28)6-9-22(16)33-26(20)30/h4-12,19H,13-14H2,1-3H3. The Morgan fingerprint density at radius 3 is 2.52 bits per heavy atom. The number of halogens is 1. The molecule has 1 aromatic heterocycles. The van der Waals surface area contributed by atoms with Gasteiger partial charge in [-0.15, -0.1) is 0 Å². The lowest BCUT2D eigenvalue weighted by Crippen LogP contribution is -2.31. The molecule has 6 heteroatoms. The SMILES string of the molecule is COc1ccc(C2C=C(c3cc4cc(Br)ccc4oc3=O)OC3=C2C(=O)CC(C)(C)C3)cc1. The van der Waals surface area contributed by atoms with E-state index in [-0.39, 0.29) is 17.1 Å². The van der Waals surface area contributed by atoms with E-state index >= 15 is 0 Å². The van der Waals surface area contributed by atoms with Crippen LogP contribution in [-0.2, 0) is 9.53 Å². The Bertz CT molecular complexity index is 1390. The van der Waals surface area contributed by atoms with Gasteiger partial charge in [-0.2, -0.15) is 0 Å². The van der Waals surface area contributed by atoms with Gasteiger partial charge < -0.3 is 13.9 Å². The number of carbonyl (C=O) groups excluding carboxylic acids is 1. The molecule has 1 atom stereocenters. The smallest absolute Gasteiger partial charge is 0.347 e. The van der Waals surface area contributed by atoms with E-state index in [1.165, 1.54) is 0 Å². The number of allylic oxidation sites excluding steroid dienone is 3. The number of rotatable bonds is 3. The van der Waals surface area contributed by atoms with Gasteiger partial charge in [-0.1, -0.05) is 41.9 Å². The average molecular weight is 507 g/mol. The highest BCUT2D eigenvalue weighted by Crippen LogP contribution is 2.47. The third-order valence-corrected chi connectivity index (χ3v) is 6.67. The average Bonchev–Trinajstić information content (AvgIpc) is 2.77. The van der Waals surface area contributed by atoms with Crippen molar-refractivity contribution < 1.29 is 18.7 Å². The molecule has 0 bridgehead atoms. The predicted molar refractivity (Wildman–Crippen MR) is 130 cm³/mol. The second kappa shape index (κ2) is 8.03. The van der Waals surface area contributed by atoms with Gasteiger partial charge in [0.15, 0.2) is 5.78 Å². The maximum atomic E-state index is 13.2. The summed E-state index contributed by atoms with van der Waals surface area (Å²) in [5, 5.41) is 0.782. The summed E-state index contributed by atoms with van der Waals surface area (Å²) in [4.78, 5) is 26.1. The van der Waals surface area contributed by atoms with Crippen molar-refractivity contribution in [2.45, 2.75) is 32.6 Å². The second-order valence-corrected chi connectivity index (χ2v) is 10.2. The summed E-state index contributed by atoms with van der Waals surface area (Å²) >= 11 is 3.47. The van der Waals surface area contributed by atoms with Crippen LogP contribution in [0.15, 0.2) is 79.6 Å². The van der Waals surface area contributed by atoms with E-state index in [2.05, 4.69) is 29.8 Å². The molecule has 2 aromatic carbocycles. The van der Waals surface area contributed by atoms with Crippen LogP contribution < -0.4 is 10.4 Å². The number of ketones is 1. The van der Waals surface area contributed by atoms with E-state index < -0.39 is 5.63 Å². The van der Waals surface area contributed by atoms with Crippen LogP contribution >= 0.6 is 15.9 Å². The highest BCUT2D eigenvalue weighted by molar-refractivity contribution is 9.10. The maximum Gasteiger partial charge on any atom is 0.347 e. The number of ether oxygens (including phenoxy) is 2. The monoisotopic (exact) mass is 506 g/mol. The molecule has 1 aliphatic carbocycles. The molecule has 3 aromatic rings. The summed E-state index contributed by atoms with van der Waals surface area (Å²) in [6.45, 7) is 4.11. The highest BCUT2D eigenvalue weighted by Gasteiger charge is 2.40. The number of hydrogen-bond donors (Lipinski definition) is 0. The van der Waals surface area contributed by atoms with E-state index in [9.17, 15) is 9.59 Å². The number of benzene rings is 2. The van der Waals surface area contributed by atoms with Gasteiger partial charge in [0.25, 0.3) is 0 Å². The normalized spacial score (nSPS) is 19.7. The predicted octanol–water partition coefficient (Wildman–Crippen LogP) is 6.36. The molecule has 0 amide bonds. The summed E-state index contributed by atoms with van der Waals surface area (Å²) in [5.74, 6) is 1.53. The Kier molecular flexibility index (Phi) is 5.28. The first-order chi connectivity index (χ1) is 15.7. The van der Waals surface area contributed by atoms with E-state index in [1.54, 1.807) is 19.2 Å². The summed E-state index contributed by atoms with van der Waals surface area (Å²) in [6.07, 6.45) is 2.92.